The lowest BCUT2D eigenvalue weighted by Gasteiger charge is -2.05. The zero-order chi connectivity index (χ0) is 12.3. The van der Waals surface area contributed by atoms with Gasteiger partial charge in [0.15, 0.2) is 0 Å². The Morgan fingerprint density at radius 2 is 2.06 bits per heavy atom. The Labute approximate surface area is 99.0 Å². The standard InChI is InChI=1S/C12H13N3O2/c1-9-12(10-6-4-3-5-7-10)15(14-13-9)8-11(16)17-2/h3-7H,8H2,1-2H3. The summed E-state index contributed by atoms with van der Waals surface area (Å²) in [5.41, 5.74) is 2.62. The van der Waals surface area contributed by atoms with Crippen molar-refractivity contribution in [2.24, 2.45) is 0 Å². The maximum absolute atomic E-state index is 11.3. The molecule has 0 bridgehead atoms. The highest BCUT2D eigenvalue weighted by Gasteiger charge is 2.13. The van der Waals surface area contributed by atoms with Gasteiger partial charge in [-0.2, -0.15) is 0 Å². The third-order valence-corrected chi connectivity index (χ3v) is 2.46. The molecule has 0 fully saturated rings. The molecule has 0 N–H and O–H groups in total. The van der Waals surface area contributed by atoms with E-state index in [-0.39, 0.29) is 12.5 Å². The fourth-order valence-corrected chi connectivity index (χ4v) is 1.65. The fourth-order valence-electron chi connectivity index (χ4n) is 1.65. The monoisotopic (exact) mass is 231 g/mol. The van der Waals surface area contributed by atoms with E-state index in [9.17, 15) is 4.79 Å². The quantitative estimate of drug-likeness (QED) is 0.750. The lowest BCUT2D eigenvalue weighted by Crippen LogP contribution is -2.13. The van der Waals surface area contributed by atoms with Crippen LogP contribution in [0.3, 0.4) is 0 Å². The number of nitrogens with zero attached hydrogens (tertiary/aromatic N) is 3. The molecule has 17 heavy (non-hydrogen) atoms. The van der Waals surface area contributed by atoms with Crippen LogP contribution in [0.2, 0.25) is 0 Å². The smallest absolute Gasteiger partial charge is 0.327 e. The fraction of sp³-hybridized carbons (Fsp3) is 0.250. The Kier molecular flexibility index (Phi) is 3.18. The van der Waals surface area contributed by atoms with E-state index in [0.29, 0.717) is 0 Å². The third-order valence-electron chi connectivity index (χ3n) is 2.46. The third kappa shape index (κ3) is 2.33. The predicted molar refractivity (Wildman–Crippen MR) is 62.2 cm³/mol. The normalized spacial score (nSPS) is 10.2. The second-order valence-corrected chi connectivity index (χ2v) is 3.62. The van der Waals surface area contributed by atoms with Crippen LogP contribution >= 0.6 is 0 Å². The summed E-state index contributed by atoms with van der Waals surface area (Å²) in [6, 6.07) is 9.72. The molecule has 1 heterocycles. The maximum Gasteiger partial charge on any atom is 0.327 e. The first kappa shape index (κ1) is 11.3. The van der Waals surface area contributed by atoms with Gasteiger partial charge in [0, 0.05) is 5.56 Å². The molecule has 2 aromatic rings. The van der Waals surface area contributed by atoms with Crippen molar-refractivity contribution in [1.29, 1.82) is 0 Å². The molecule has 88 valence electrons. The molecule has 0 saturated carbocycles. The van der Waals surface area contributed by atoms with Crippen LogP contribution in [0.15, 0.2) is 30.3 Å². The Balaban J connectivity index is 2.40. The number of ether oxygens (including phenoxy) is 1. The average molecular weight is 231 g/mol. The van der Waals surface area contributed by atoms with E-state index in [1.807, 2.05) is 37.3 Å². The number of carbonyl (C=O) groups excluding carboxylic acids is 1. The zero-order valence-corrected chi connectivity index (χ0v) is 9.75. The van der Waals surface area contributed by atoms with Crippen molar-refractivity contribution >= 4 is 5.97 Å². The van der Waals surface area contributed by atoms with Crippen molar-refractivity contribution in [2.75, 3.05) is 7.11 Å². The molecule has 2 rings (SSSR count). The average Bonchev–Trinajstić information content (AvgIpc) is 2.71. The van der Waals surface area contributed by atoms with Crippen LogP contribution < -0.4 is 0 Å². The number of rotatable bonds is 3. The number of aromatic nitrogens is 3. The molecule has 1 aromatic carbocycles. The van der Waals surface area contributed by atoms with Crippen LogP contribution in [-0.4, -0.2) is 28.1 Å². The van der Waals surface area contributed by atoms with Crippen LogP contribution in [0, 0.1) is 6.92 Å². The SMILES string of the molecule is COC(=O)Cn1nnc(C)c1-c1ccccc1. The molecule has 0 spiro atoms. The number of methoxy groups -OCH3 is 1. The van der Waals surface area contributed by atoms with Gasteiger partial charge >= 0.3 is 5.97 Å². The Morgan fingerprint density at radius 3 is 2.71 bits per heavy atom. The van der Waals surface area contributed by atoms with E-state index in [1.165, 1.54) is 7.11 Å². The van der Waals surface area contributed by atoms with Crippen molar-refractivity contribution in [1.82, 2.24) is 15.0 Å². The first-order chi connectivity index (χ1) is 8.22. The van der Waals surface area contributed by atoms with Gasteiger partial charge in [-0.25, -0.2) is 4.68 Å². The molecular weight excluding hydrogens is 218 g/mol. The first-order valence-electron chi connectivity index (χ1n) is 5.24. The van der Waals surface area contributed by atoms with Crippen molar-refractivity contribution in [3.8, 4) is 11.3 Å². The van der Waals surface area contributed by atoms with Gasteiger partial charge in [0.25, 0.3) is 0 Å². The zero-order valence-electron chi connectivity index (χ0n) is 9.75. The summed E-state index contributed by atoms with van der Waals surface area (Å²) >= 11 is 0. The highest BCUT2D eigenvalue weighted by atomic mass is 16.5. The summed E-state index contributed by atoms with van der Waals surface area (Å²) in [6.45, 7) is 1.94. The van der Waals surface area contributed by atoms with Crippen LogP contribution in [0.4, 0.5) is 0 Å². The van der Waals surface area contributed by atoms with Gasteiger partial charge in [-0.05, 0) is 6.92 Å². The Morgan fingerprint density at radius 1 is 1.35 bits per heavy atom. The minimum Gasteiger partial charge on any atom is -0.468 e. The van der Waals surface area contributed by atoms with E-state index < -0.39 is 0 Å². The molecule has 0 aliphatic heterocycles. The topological polar surface area (TPSA) is 57.0 Å². The summed E-state index contributed by atoms with van der Waals surface area (Å²) in [7, 11) is 1.36. The van der Waals surface area contributed by atoms with Gasteiger partial charge in [0.1, 0.15) is 6.54 Å². The van der Waals surface area contributed by atoms with Crippen LogP contribution in [0.1, 0.15) is 5.69 Å². The largest absolute Gasteiger partial charge is 0.468 e. The van der Waals surface area contributed by atoms with E-state index >= 15 is 0 Å². The molecule has 1 aromatic heterocycles. The second kappa shape index (κ2) is 4.78. The van der Waals surface area contributed by atoms with Gasteiger partial charge in [-0.3, -0.25) is 4.79 Å². The van der Waals surface area contributed by atoms with Gasteiger partial charge in [-0.15, -0.1) is 5.10 Å². The Hall–Kier alpha value is -2.17. The highest BCUT2D eigenvalue weighted by molar-refractivity contribution is 5.71. The molecule has 5 heteroatoms. The van der Waals surface area contributed by atoms with Gasteiger partial charge in [-0.1, -0.05) is 35.5 Å². The minimum atomic E-state index is -0.341. The number of benzene rings is 1. The van der Waals surface area contributed by atoms with Gasteiger partial charge < -0.3 is 4.74 Å². The summed E-state index contributed by atoms with van der Waals surface area (Å²) in [4.78, 5) is 11.3. The van der Waals surface area contributed by atoms with Crippen molar-refractivity contribution < 1.29 is 9.53 Å². The lowest BCUT2D eigenvalue weighted by atomic mass is 10.1. The molecule has 0 unspecified atom stereocenters. The summed E-state index contributed by atoms with van der Waals surface area (Å²) < 4.78 is 6.18. The van der Waals surface area contributed by atoms with E-state index in [4.69, 9.17) is 0 Å². The lowest BCUT2D eigenvalue weighted by molar-refractivity contribution is -0.141. The molecular formula is C12H13N3O2. The molecule has 0 amide bonds. The number of hydrogen-bond acceptors (Lipinski definition) is 4. The van der Waals surface area contributed by atoms with E-state index in [0.717, 1.165) is 17.0 Å². The molecule has 0 aliphatic carbocycles. The van der Waals surface area contributed by atoms with Gasteiger partial charge in [0.05, 0.1) is 18.5 Å². The Bertz CT molecular complexity index is 520. The molecule has 0 atom stereocenters. The summed E-state index contributed by atoms with van der Waals surface area (Å²) in [5.74, 6) is -0.341. The number of aryl methyl sites for hydroxylation is 1. The molecule has 0 radical (unpaired) electrons. The van der Waals surface area contributed by atoms with Crippen LogP contribution in [-0.2, 0) is 16.1 Å². The minimum absolute atomic E-state index is 0.0710. The predicted octanol–water partition coefficient (Wildman–Crippen LogP) is 1.43. The number of carbonyl (C=O) groups is 1. The second-order valence-electron chi connectivity index (χ2n) is 3.62. The van der Waals surface area contributed by atoms with Crippen molar-refractivity contribution in [3.05, 3.63) is 36.0 Å². The first-order valence-corrected chi connectivity index (χ1v) is 5.24. The van der Waals surface area contributed by atoms with E-state index in [1.54, 1.807) is 4.68 Å². The number of esters is 1. The van der Waals surface area contributed by atoms with Crippen molar-refractivity contribution in [3.63, 3.8) is 0 Å². The summed E-state index contributed by atoms with van der Waals surface area (Å²) in [5, 5.41) is 7.93. The molecule has 0 saturated heterocycles. The van der Waals surface area contributed by atoms with Gasteiger partial charge in [0.2, 0.25) is 0 Å². The molecule has 5 nitrogen and oxygen atoms in total. The maximum atomic E-state index is 11.3. The number of hydrogen-bond donors (Lipinski definition) is 0. The van der Waals surface area contributed by atoms with Crippen LogP contribution in [0.5, 0.6) is 0 Å². The van der Waals surface area contributed by atoms with E-state index in [2.05, 4.69) is 15.0 Å². The van der Waals surface area contributed by atoms with Crippen molar-refractivity contribution in [2.45, 2.75) is 13.5 Å². The summed E-state index contributed by atoms with van der Waals surface area (Å²) in [6.07, 6.45) is 0. The highest BCUT2D eigenvalue weighted by Crippen LogP contribution is 2.21. The van der Waals surface area contributed by atoms with Crippen LogP contribution in [0.25, 0.3) is 11.3 Å². The molecule has 0 aliphatic rings.